The van der Waals surface area contributed by atoms with E-state index < -0.39 is 6.10 Å². The summed E-state index contributed by atoms with van der Waals surface area (Å²) in [7, 11) is 0. The van der Waals surface area contributed by atoms with E-state index in [2.05, 4.69) is 5.32 Å². The number of nitrogens with one attached hydrogen (secondary N) is 1. The molecule has 1 aromatic carbocycles. The van der Waals surface area contributed by atoms with Crippen molar-refractivity contribution in [2.45, 2.75) is 31.9 Å². The van der Waals surface area contributed by atoms with E-state index in [0.717, 1.165) is 12.0 Å². The number of aliphatic hydroxyl groups is 1. The Labute approximate surface area is 136 Å². The summed E-state index contributed by atoms with van der Waals surface area (Å²) >= 11 is 5.85. The number of aliphatic hydroxyl groups excluding tert-OH is 1. The fraction of sp³-hybridized carbons (Fsp3) is 0.562. The van der Waals surface area contributed by atoms with Gasteiger partial charge in [0.15, 0.2) is 0 Å². The molecular formula is C16H23ClN2O3. The van der Waals surface area contributed by atoms with Gasteiger partial charge in [-0.25, -0.2) is 4.79 Å². The lowest BCUT2D eigenvalue weighted by molar-refractivity contribution is -0.00425. The minimum absolute atomic E-state index is 0.0655. The van der Waals surface area contributed by atoms with E-state index in [1.807, 2.05) is 24.3 Å². The molecule has 0 bridgehead atoms. The lowest BCUT2D eigenvalue weighted by atomic mass is 10.1. The molecule has 1 saturated heterocycles. The number of ether oxygens (including phenoxy) is 1. The number of rotatable bonds is 5. The van der Waals surface area contributed by atoms with Crippen molar-refractivity contribution in [2.24, 2.45) is 0 Å². The van der Waals surface area contributed by atoms with E-state index in [9.17, 15) is 9.90 Å². The molecular weight excluding hydrogens is 304 g/mol. The first-order chi connectivity index (χ1) is 10.6. The van der Waals surface area contributed by atoms with Gasteiger partial charge in [-0.05, 0) is 37.5 Å². The summed E-state index contributed by atoms with van der Waals surface area (Å²) < 4.78 is 5.40. The van der Waals surface area contributed by atoms with Gasteiger partial charge in [-0.2, -0.15) is 0 Å². The van der Waals surface area contributed by atoms with Crippen molar-refractivity contribution in [2.75, 3.05) is 26.3 Å². The van der Waals surface area contributed by atoms with E-state index in [4.69, 9.17) is 16.3 Å². The van der Waals surface area contributed by atoms with E-state index >= 15 is 0 Å². The van der Waals surface area contributed by atoms with Gasteiger partial charge in [-0.1, -0.05) is 23.7 Å². The number of benzene rings is 1. The number of morpholine rings is 1. The van der Waals surface area contributed by atoms with Crippen LogP contribution >= 0.6 is 11.6 Å². The number of amides is 2. The number of hydrogen-bond acceptors (Lipinski definition) is 3. The monoisotopic (exact) mass is 326 g/mol. The van der Waals surface area contributed by atoms with Crippen molar-refractivity contribution < 1.29 is 14.6 Å². The number of hydrogen-bond donors (Lipinski definition) is 2. The molecule has 2 rings (SSSR count). The van der Waals surface area contributed by atoms with Gasteiger partial charge in [-0.15, -0.1) is 0 Å². The predicted molar refractivity (Wildman–Crippen MR) is 86.2 cm³/mol. The average Bonchev–Trinajstić information content (AvgIpc) is 2.49. The van der Waals surface area contributed by atoms with Crippen LogP contribution in [0.1, 0.15) is 18.9 Å². The van der Waals surface area contributed by atoms with Gasteiger partial charge in [0, 0.05) is 18.1 Å². The molecule has 1 aromatic rings. The van der Waals surface area contributed by atoms with Crippen LogP contribution in [0.5, 0.6) is 0 Å². The van der Waals surface area contributed by atoms with Crippen molar-refractivity contribution in [3.63, 3.8) is 0 Å². The molecule has 0 saturated carbocycles. The molecule has 22 heavy (non-hydrogen) atoms. The third-order valence-electron chi connectivity index (χ3n) is 3.70. The largest absolute Gasteiger partial charge is 0.393 e. The maximum absolute atomic E-state index is 12.3. The minimum Gasteiger partial charge on any atom is -0.393 e. The highest BCUT2D eigenvalue weighted by atomic mass is 35.5. The molecule has 2 unspecified atom stereocenters. The summed E-state index contributed by atoms with van der Waals surface area (Å²) in [4.78, 5) is 14.1. The van der Waals surface area contributed by atoms with E-state index in [1.54, 1.807) is 11.8 Å². The third kappa shape index (κ3) is 5.16. The molecule has 0 spiro atoms. The van der Waals surface area contributed by atoms with Crippen LogP contribution in [0.2, 0.25) is 5.02 Å². The maximum atomic E-state index is 12.3. The fourth-order valence-electron chi connectivity index (χ4n) is 2.58. The first-order valence-corrected chi connectivity index (χ1v) is 7.99. The zero-order valence-electron chi connectivity index (χ0n) is 12.8. The molecule has 1 heterocycles. The summed E-state index contributed by atoms with van der Waals surface area (Å²) in [5.74, 6) is 0. The molecule has 6 heteroatoms. The molecule has 1 aliphatic heterocycles. The Morgan fingerprint density at radius 3 is 2.91 bits per heavy atom. The van der Waals surface area contributed by atoms with Crippen molar-refractivity contribution >= 4 is 17.6 Å². The molecule has 2 atom stereocenters. The van der Waals surface area contributed by atoms with Gasteiger partial charge in [-0.3, -0.25) is 0 Å². The Morgan fingerprint density at radius 2 is 2.23 bits per heavy atom. The van der Waals surface area contributed by atoms with Crippen molar-refractivity contribution in [1.29, 1.82) is 0 Å². The summed E-state index contributed by atoms with van der Waals surface area (Å²) in [5.41, 5.74) is 1.13. The van der Waals surface area contributed by atoms with Gasteiger partial charge in [0.1, 0.15) is 0 Å². The number of halogens is 1. The highest BCUT2D eigenvalue weighted by molar-refractivity contribution is 6.30. The Kier molecular flexibility index (Phi) is 6.49. The Hall–Kier alpha value is -1.30. The van der Waals surface area contributed by atoms with Crippen LogP contribution in [0.25, 0.3) is 0 Å². The van der Waals surface area contributed by atoms with Crippen LogP contribution < -0.4 is 5.32 Å². The van der Waals surface area contributed by atoms with Crippen LogP contribution in [-0.4, -0.2) is 54.5 Å². The quantitative estimate of drug-likeness (QED) is 0.870. The molecule has 2 N–H and O–H groups in total. The molecule has 0 aromatic heterocycles. The molecule has 0 aliphatic carbocycles. The summed E-state index contributed by atoms with van der Waals surface area (Å²) in [6.45, 7) is 3.88. The Bertz CT molecular complexity index is 479. The predicted octanol–water partition coefficient (Wildman–Crippen LogP) is 2.06. The average molecular weight is 327 g/mol. The second kappa shape index (κ2) is 8.36. The Balaban J connectivity index is 1.80. The van der Waals surface area contributed by atoms with Crippen LogP contribution in [0.4, 0.5) is 4.79 Å². The SMILES string of the molecule is CC(O)CC1COCCN1C(=O)NCCc1ccc(Cl)cc1. The highest BCUT2D eigenvalue weighted by Crippen LogP contribution is 2.13. The number of urea groups is 1. The van der Waals surface area contributed by atoms with E-state index in [-0.39, 0.29) is 12.1 Å². The number of carbonyl (C=O) groups excluding carboxylic acids is 1. The lowest BCUT2D eigenvalue weighted by Gasteiger charge is -2.36. The smallest absolute Gasteiger partial charge is 0.317 e. The third-order valence-corrected chi connectivity index (χ3v) is 3.96. The van der Waals surface area contributed by atoms with Crippen molar-refractivity contribution in [1.82, 2.24) is 10.2 Å². The molecule has 2 amide bonds. The molecule has 0 radical (unpaired) electrons. The zero-order chi connectivity index (χ0) is 15.9. The van der Waals surface area contributed by atoms with E-state index in [0.29, 0.717) is 37.7 Å². The summed E-state index contributed by atoms with van der Waals surface area (Å²) in [5, 5.41) is 13.2. The van der Waals surface area contributed by atoms with Crippen LogP contribution in [0, 0.1) is 0 Å². The van der Waals surface area contributed by atoms with Crippen molar-refractivity contribution in [3.8, 4) is 0 Å². The van der Waals surface area contributed by atoms with Gasteiger partial charge in [0.2, 0.25) is 0 Å². The lowest BCUT2D eigenvalue weighted by Crippen LogP contribution is -2.53. The molecule has 122 valence electrons. The maximum Gasteiger partial charge on any atom is 0.317 e. The minimum atomic E-state index is -0.448. The van der Waals surface area contributed by atoms with Gasteiger partial charge in [0.25, 0.3) is 0 Å². The van der Waals surface area contributed by atoms with Gasteiger partial charge < -0.3 is 20.1 Å². The van der Waals surface area contributed by atoms with Gasteiger partial charge >= 0.3 is 6.03 Å². The second-order valence-corrected chi connectivity index (χ2v) is 6.05. The topological polar surface area (TPSA) is 61.8 Å². The number of carbonyl (C=O) groups is 1. The van der Waals surface area contributed by atoms with Gasteiger partial charge in [0.05, 0.1) is 25.4 Å². The first kappa shape index (κ1) is 17.1. The first-order valence-electron chi connectivity index (χ1n) is 7.61. The van der Waals surface area contributed by atoms with Crippen molar-refractivity contribution in [3.05, 3.63) is 34.9 Å². The molecule has 1 aliphatic rings. The molecule has 1 fully saturated rings. The van der Waals surface area contributed by atoms with E-state index in [1.165, 1.54) is 0 Å². The van der Waals surface area contributed by atoms with Crippen LogP contribution in [-0.2, 0) is 11.2 Å². The Morgan fingerprint density at radius 1 is 1.50 bits per heavy atom. The standard InChI is InChI=1S/C16H23ClN2O3/c1-12(20)10-15-11-22-9-8-19(15)16(21)18-7-6-13-2-4-14(17)5-3-13/h2-5,12,15,20H,6-11H2,1H3,(H,18,21). The van der Waals surface area contributed by atoms with Crippen LogP contribution in [0.15, 0.2) is 24.3 Å². The summed E-state index contributed by atoms with van der Waals surface area (Å²) in [6.07, 6.45) is 0.843. The highest BCUT2D eigenvalue weighted by Gasteiger charge is 2.27. The van der Waals surface area contributed by atoms with Crippen LogP contribution in [0.3, 0.4) is 0 Å². The molecule has 5 nitrogen and oxygen atoms in total. The summed E-state index contributed by atoms with van der Waals surface area (Å²) in [6, 6.07) is 7.45. The normalized spacial score (nSPS) is 19.8. The number of nitrogens with zero attached hydrogens (tertiary/aromatic N) is 1. The second-order valence-electron chi connectivity index (χ2n) is 5.62. The fourth-order valence-corrected chi connectivity index (χ4v) is 2.70. The zero-order valence-corrected chi connectivity index (χ0v) is 13.6.